The molecule has 4 heteroatoms. The molecule has 0 rings (SSSR count). The first-order chi connectivity index (χ1) is 6.30. The van der Waals surface area contributed by atoms with E-state index in [0.717, 1.165) is 0 Å². The number of alkyl halides is 1. The molecule has 0 heterocycles. The molecule has 0 N–H and O–H groups in total. The largest absolute Gasteiger partial charge is 0.336 e. The van der Waals surface area contributed by atoms with E-state index in [1.54, 1.807) is 11.8 Å². The fraction of sp³-hybridized carbons (Fsp3) is 0.800. The molecule has 0 bridgehead atoms. The summed E-state index contributed by atoms with van der Waals surface area (Å²) in [5, 5.41) is 7.95. The van der Waals surface area contributed by atoms with Crippen molar-refractivity contribution in [3.8, 4) is 6.07 Å². The number of halogens is 1. The first kappa shape index (κ1) is 13.2. The minimum Gasteiger partial charge on any atom is -0.336 e. The highest BCUT2D eigenvalue weighted by Gasteiger charge is 2.28. The van der Waals surface area contributed by atoms with Gasteiger partial charge in [-0.1, -0.05) is 0 Å². The van der Waals surface area contributed by atoms with Crippen molar-refractivity contribution in [1.82, 2.24) is 4.90 Å². The minimum absolute atomic E-state index is 0.116. The average molecular weight is 217 g/mol. The van der Waals surface area contributed by atoms with E-state index >= 15 is 0 Å². The zero-order valence-electron chi connectivity index (χ0n) is 9.17. The monoisotopic (exact) mass is 216 g/mol. The Morgan fingerprint density at radius 3 is 2.36 bits per heavy atom. The summed E-state index contributed by atoms with van der Waals surface area (Å²) in [5.41, 5.74) is -0.281. The van der Waals surface area contributed by atoms with Crippen LogP contribution in [0, 0.1) is 11.3 Å². The van der Waals surface area contributed by atoms with E-state index < -0.39 is 5.38 Å². The summed E-state index contributed by atoms with van der Waals surface area (Å²) in [5.74, 6) is -0.116. The predicted octanol–water partition coefficient (Wildman–Crippen LogP) is 2.15. The quantitative estimate of drug-likeness (QED) is 0.679. The van der Waals surface area contributed by atoms with Crippen molar-refractivity contribution in [3.63, 3.8) is 0 Å². The van der Waals surface area contributed by atoms with Crippen molar-refractivity contribution < 1.29 is 4.79 Å². The molecule has 0 aliphatic carbocycles. The van der Waals surface area contributed by atoms with Crippen LogP contribution in [0.3, 0.4) is 0 Å². The number of hydrogen-bond acceptors (Lipinski definition) is 2. The van der Waals surface area contributed by atoms with Crippen LogP contribution in [0.2, 0.25) is 0 Å². The predicted molar refractivity (Wildman–Crippen MR) is 57.0 cm³/mol. The van der Waals surface area contributed by atoms with Gasteiger partial charge in [-0.05, 0) is 27.7 Å². The van der Waals surface area contributed by atoms with Gasteiger partial charge in [-0.3, -0.25) is 4.79 Å². The van der Waals surface area contributed by atoms with Crippen molar-refractivity contribution >= 4 is 17.5 Å². The maximum atomic E-state index is 11.7. The molecule has 0 radical (unpaired) electrons. The third-order valence-electron chi connectivity index (χ3n) is 1.86. The summed E-state index contributed by atoms with van der Waals surface area (Å²) in [4.78, 5) is 13.3. The SMILES string of the molecule is CC(Cl)C(=O)N(CCC#N)C(C)(C)C. The third-order valence-corrected chi connectivity index (χ3v) is 2.05. The summed E-state index contributed by atoms with van der Waals surface area (Å²) >= 11 is 5.73. The van der Waals surface area contributed by atoms with E-state index in [1.807, 2.05) is 26.8 Å². The van der Waals surface area contributed by atoms with Gasteiger partial charge in [-0.2, -0.15) is 5.26 Å². The van der Waals surface area contributed by atoms with Gasteiger partial charge in [0, 0.05) is 12.1 Å². The summed E-state index contributed by atoms with van der Waals surface area (Å²) < 4.78 is 0. The zero-order valence-corrected chi connectivity index (χ0v) is 9.93. The topological polar surface area (TPSA) is 44.1 Å². The molecule has 1 unspecified atom stereocenters. The Bertz CT molecular complexity index is 237. The number of amides is 1. The lowest BCUT2D eigenvalue weighted by Crippen LogP contribution is -2.48. The first-order valence-corrected chi connectivity index (χ1v) is 5.07. The molecular formula is C10H17ClN2O. The summed E-state index contributed by atoms with van der Waals surface area (Å²) in [6, 6.07) is 2.03. The molecule has 0 saturated heterocycles. The van der Waals surface area contributed by atoms with Crippen molar-refractivity contribution in [2.45, 2.75) is 45.0 Å². The minimum atomic E-state index is -0.534. The molecule has 0 aromatic rings. The molecular weight excluding hydrogens is 200 g/mol. The van der Waals surface area contributed by atoms with Crippen LogP contribution in [0.15, 0.2) is 0 Å². The van der Waals surface area contributed by atoms with Crippen molar-refractivity contribution in [2.75, 3.05) is 6.54 Å². The Balaban J connectivity index is 4.58. The number of rotatable bonds is 3. The van der Waals surface area contributed by atoms with Gasteiger partial charge in [0.15, 0.2) is 0 Å². The van der Waals surface area contributed by atoms with E-state index in [-0.39, 0.29) is 11.4 Å². The van der Waals surface area contributed by atoms with Crippen LogP contribution >= 0.6 is 11.6 Å². The van der Waals surface area contributed by atoms with Crippen LogP contribution in [-0.4, -0.2) is 28.3 Å². The van der Waals surface area contributed by atoms with Gasteiger partial charge in [0.2, 0.25) is 5.91 Å². The normalized spacial score (nSPS) is 13.1. The van der Waals surface area contributed by atoms with Crippen molar-refractivity contribution in [3.05, 3.63) is 0 Å². The fourth-order valence-corrected chi connectivity index (χ4v) is 1.27. The fourth-order valence-electron chi connectivity index (χ4n) is 1.15. The van der Waals surface area contributed by atoms with E-state index in [2.05, 4.69) is 0 Å². The Morgan fingerprint density at radius 2 is 2.07 bits per heavy atom. The second-order valence-electron chi connectivity index (χ2n) is 4.18. The summed E-state index contributed by atoms with van der Waals surface area (Å²) in [6.45, 7) is 7.88. The standard InChI is InChI=1S/C10H17ClN2O/c1-8(11)9(14)13(7-5-6-12)10(2,3)4/h8H,5,7H2,1-4H3. The second-order valence-corrected chi connectivity index (χ2v) is 4.84. The molecule has 1 atom stereocenters. The summed E-state index contributed by atoms with van der Waals surface area (Å²) in [6.07, 6.45) is 0.340. The first-order valence-electron chi connectivity index (χ1n) is 4.63. The van der Waals surface area contributed by atoms with Gasteiger partial charge in [0.1, 0.15) is 5.38 Å². The average Bonchev–Trinajstić information content (AvgIpc) is 2.02. The Labute approximate surface area is 90.6 Å². The molecule has 0 aromatic carbocycles. The maximum Gasteiger partial charge on any atom is 0.240 e. The molecule has 0 aliphatic heterocycles. The Hall–Kier alpha value is -0.750. The van der Waals surface area contributed by atoms with Gasteiger partial charge in [-0.25, -0.2) is 0 Å². The van der Waals surface area contributed by atoms with Crippen LogP contribution in [0.1, 0.15) is 34.1 Å². The lowest BCUT2D eigenvalue weighted by atomic mass is 10.1. The van der Waals surface area contributed by atoms with Crippen LogP contribution in [-0.2, 0) is 4.79 Å². The molecule has 80 valence electrons. The maximum absolute atomic E-state index is 11.7. The van der Waals surface area contributed by atoms with Gasteiger partial charge in [-0.15, -0.1) is 11.6 Å². The van der Waals surface area contributed by atoms with E-state index in [1.165, 1.54) is 0 Å². The van der Waals surface area contributed by atoms with Crippen molar-refractivity contribution in [2.24, 2.45) is 0 Å². The Kier molecular flexibility index (Phi) is 4.93. The van der Waals surface area contributed by atoms with Crippen LogP contribution in [0.4, 0.5) is 0 Å². The van der Waals surface area contributed by atoms with Gasteiger partial charge >= 0.3 is 0 Å². The highest BCUT2D eigenvalue weighted by atomic mass is 35.5. The lowest BCUT2D eigenvalue weighted by Gasteiger charge is -2.36. The zero-order chi connectivity index (χ0) is 11.4. The third kappa shape index (κ3) is 3.97. The van der Waals surface area contributed by atoms with Gasteiger partial charge in [0.25, 0.3) is 0 Å². The van der Waals surface area contributed by atoms with E-state index in [9.17, 15) is 4.79 Å². The molecule has 0 fully saturated rings. The van der Waals surface area contributed by atoms with Crippen LogP contribution in [0.25, 0.3) is 0 Å². The number of carbonyl (C=O) groups is 1. The molecule has 0 spiro atoms. The number of nitriles is 1. The van der Waals surface area contributed by atoms with Gasteiger partial charge in [0.05, 0.1) is 12.5 Å². The van der Waals surface area contributed by atoms with Crippen molar-refractivity contribution in [1.29, 1.82) is 5.26 Å². The number of carbonyl (C=O) groups excluding carboxylic acids is 1. The number of nitrogens with zero attached hydrogens (tertiary/aromatic N) is 2. The highest BCUT2D eigenvalue weighted by molar-refractivity contribution is 6.30. The Morgan fingerprint density at radius 1 is 1.57 bits per heavy atom. The van der Waals surface area contributed by atoms with Crippen LogP contribution in [0.5, 0.6) is 0 Å². The molecule has 1 amide bonds. The van der Waals surface area contributed by atoms with Crippen LogP contribution < -0.4 is 0 Å². The highest BCUT2D eigenvalue weighted by Crippen LogP contribution is 2.16. The van der Waals surface area contributed by atoms with E-state index in [0.29, 0.717) is 13.0 Å². The molecule has 14 heavy (non-hydrogen) atoms. The van der Waals surface area contributed by atoms with Gasteiger partial charge < -0.3 is 4.90 Å². The smallest absolute Gasteiger partial charge is 0.240 e. The molecule has 0 aliphatic rings. The molecule has 0 aromatic heterocycles. The number of hydrogen-bond donors (Lipinski definition) is 0. The molecule has 3 nitrogen and oxygen atoms in total. The molecule has 0 saturated carbocycles. The van der Waals surface area contributed by atoms with E-state index in [4.69, 9.17) is 16.9 Å². The summed E-state index contributed by atoms with van der Waals surface area (Å²) in [7, 11) is 0. The second kappa shape index (κ2) is 5.21. The lowest BCUT2D eigenvalue weighted by molar-refractivity contribution is -0.135.